The fourth-order valence-corrected chi connectivity index (χ4v) is 3.18. The van der Waals surface area contributed by atoms with Crippen molar-refractivity contribution >= 4 is 23.0 Å². The molecule has 126 valence electrons. The summed E-state index contributed by atoms with van der Waals surface area (Å²) in [7, 11) is 3.07. The lowest BCUT2D eigenvalue weighted by Gasteiger charge is -2.25. The Morgan fingerprint density at radius 3 is 3.04 bits per heavy atom. The zero-order valence-corrected chi connectivity index (χ0v) is 14.0. The van der Waals surface area contributed by atoms with Gasteiger partial charge < -0.3 is 19.5 Å². The number of hydrogen-bond acceptors (Lipinski definition) is 7. The van der Waals surface area contributed by atoms with Crippen LogP contribution in [-0.2, 0) is 11.3 Å². The Bertz CT molecular complexity index is 774. The van der Waals surface area contributed by atoms with E-state index < -0.39 is 6.04 Å². The third kappa shape index (κ3) is 3.10. The van der Waals surface area contributed by atoms with Gasteiger partial charge in [0.15, 0.2) is 17.3 Å². The molecule has 1 aromatic heterocycles. The van der Waals surface area contributed by atoms with Gasteiger partial charge in [-0.25, -0.2) is 4.98 Å². The number of aromatic nitrogens is 1. The second kappa shape index (κ2) is 6.98. The van der Waals surface area contributed by atoms with E-state index in [-0.39, 0.29) is 18.3 Å². The van der Waals surface area contributed by atoms with Gasteiger partial charge in [-0.3, -0.25) is 9.59 Å². The van der Waals surface area contributed by atoms with E-state index in [1.54, 1.807) is 25.3 Å². The quantitative estimate of drug-likeness (QED) is 0.884. The predicted octanol–water partition coefficient (Wildman–Crippen LogP) is 1.67. The fourth-order valence-electron chi connectivity index (χ4n) is 2.39. The van der Waals surface area contributed by atoms with Gasteiger partial charge in [0.2, 0.25) is 0 Å². The summed E-state index contributed by atoms with van der Waals surface area (Å²) in [5.74, 6) is 0.348. The van der Waals surface area contributed by atoms with Gasteiger partial charge in [-0.15, -0.1) is 11.3 Å². The highest BCUT2D eigenvalue weighted by molar-refractivity contribution is 7.13. The number of rotatable bonds is 5. The molecule has 2 aromatic rings. The average molecular weight is 348 g/mol. The minimum atomic E-state index is -0.745. The second-order valence-corrected chi connectivity index (χ2v) is 6.20. The Hall–Kier alpha value is -2.45. The largest absolute Gasteiger partial charge is 0.493 e. The van der Waals surface area contributed by atoms with Gasteiger partial charge in [0, 0.05) is 7.11 Å². The number of hydrogen-bond donors (Lipinski definition) is 1. The van der Waals surface area contributed by atoms with Crippen molar-refractivity contribution in [1.29, 1.82) is 0 Å². The number of Topliss-reactive ketones (excluding diaryl/α,β-unsaturated/α-hetero) is 1. The maximum atomic E-state index is 12.6. The van der Waals surface area contributed by atoms with Gasteiger partial charge >= 0.3 is 0 Å². The number of carbonyl (C=O) groups excluding carboxylic acids is 2. The van der Waals surface area contributed by atoms with Crippen molar-refractivity contribution in [1.82, 2.24) is 10.3 Å². The topological polar surface area (TPSA) is 86.8 Å². The third-order valence-corrected chi connectivity index (χ3v) is 4.50. The molecule has 1 aliphatic rings. The molecular formula is C16H16N2O5S. The number of para-hydroxylation sites is 1. The highest BCUT2D eigenvalue weighted by atomic mass is 32.1. The van der Waals surface area contributed by atoms with Crippen molar-refractivity contribution in [2.45, 2.75) is 12.6 Å². The van der Waals surface area contributed by atoms with Crippen LogP contribution in [-0.4, -0.2) is 43.5 Å². The van der Waals surface area contributed by atoms with Crippen LogP contribution >= 0.6 is 11.3 Å². The van der Waals surface area contributed by atoms with Crippen molar-refractivity contribution in [2.24, 2.45) is 0 Å². The van der Waals surface area contributed by atoms with E-state index in [0.29, 0.717) is 33.6 Å². The number of ketones is 1. The molecule has 0 fully saturated rings. The van der Waals surface area contributed by atoms with Crippen LogP contribution < -0.4 is 14.8 Å². The van der Waals surface area contributed by atoms with Crippen molar-refractivity contribution in [2.75, 3.05) is 20.8 Å². The molecule has 0 bridgehead atoms. The molecule has 7 nitrogen and oxygen atoms in total. The lowest BCUT2D eigenvalue weighted by atomic mass is 10.0. The molecule has 1 amide bonds. The smallest absolute Gasteiger partial charge is 0.263 e. The van der Waals surface area contributed by atoms with E-state index in [1.807, 2.05) is 0 Å². The molecule has 8 heteroatoms. The molecule has 1 unspecified atom stereocenters. The van der Waals surface area contributed by atoms with Crippen LogP contribution in [0, 0.1) is 0 Å². The molecular weight excluding hydrogens is 332 g/mol. The van der Waals surface area contributed by atoms with Crippen molar-refractivity contribution < 1.29 is 23.8 Å². The first-order valence-electron chi connectivity index (χ1n) is 7.22. The molecule has 24 heavy (non-hydrogen) atoms. The molecule has 3 rings (SSSR count). The summed E-state index contributed by atoms with van der Waals surface area (Å²) in [6, 6.07) is 4.34. The van der Waals surface area contributed by atoms with Gasteiger partial charge in [0.05, 0.1) is 25.5 Å². The molecule has 0 aliphatic carbocycles. The SMILES string of the molecule is COCc1ncc(C(=O)NC2COc3c(OC)cccc3C2=O)s1. The lowest BCUT2D eigenvalue weighted by Crippen LogP contribution is -2.47. The van der Waals surface area contributed by atoms with Crippen molar-refractivity contribution in [3.05, 3.63) is 39.8 Å². The summed E-state index contributed by atoms with van der Waals surface area (Å²) in [6.45, 7) is 0.401. The monoisotopic (exact) mass is 348 g/mol. The summed E-state index contributed by atoms with van der Waals surface area (Å²) < 4.78 is 15.8. The van der Waals surface area contributed by atoms with E-state index in [1.165, 1.54) is 24.6 Å². The second-order valence-electron chi connectivity index (χ2n) is 5.09. The lowest BCUT2D eigenvalue weighted by molar-refractivity contribution is 0.0794. The van der Waals surface area contributed by atoms with Crippen molar-refractivity contribution in [3.63, 3.8) is 0 Å². The predicted molar refractivity (Wildman–Crippen MR) is 86.9 cm³/mol. The zero-order valence-electron chi connectivity index (χ0n) is 13.2. The number of nitrogens with one attached hydrogen (secondary N) is 1. The Balaban J connectivity index is 1.74. The summed E-state index contributed by atoms with van der Waals surface area (Å²) in [5, 5.41) is 3.39. The van der Waals surface area contributed by atoms with Gasteiger partial charge in [-0.05, 0) is 12.1 Å². The van der Waals surface area contributed by atoms with Crippen molar-refractivity contribution in [3.8, 4) is 11.5 Å². The first-order valence-corrected chi connectivity index (χ1v) is 8.04. The summed E-state index contributed by atoms with van der Waals surface area (Å²) in [5.41, 5.74) is 0.398. The zero-order chi connectivity index (χ0) is 17.1. The fraction of sp³-hybridized carbons (Fsp3) is 0.312. The van der Waals surface area contributed by atoms with Crippen LogP contribution in [0.5, 0.6) is 11.5 Å². The van der Waals surface area contributed by atoms with E-state index in [0.717, 1.165) is 0 Å². The van der Waals surface area contributed by atoms with Crippen LogP contribution in [0.25, 0.3) is 0 Å². The minimum Gasteiger partial charge on any atom is -0.493 e. The normalized spacial score (nSPS) is 16.2. The van der Waals surface area contributed by atoms with Crippen LogP contribution in [0.2, 0.25) is 0 Å². The van der Waals surface area contributed by atoms with Gasteiger partial charge in [-0.1, -0.05) is 6.07 Å². The van der Waals surface area contributed by atoms with E-state index in [2.05, 4.69) is 10.3 Å². The first kappa shape index (κ1) is 16.4. The Labute approximate surface area is 142 Å². The number of amides is 1. The minimum absolute atomic E-state index is 0.0572. The maximum absolute atomic E-state index is 12.6. The van der Waals surface area contributed by atoms with E-state index in [9.17, 15) is 9.59 Å². The average Bonchev–Trinajstić information content (AvgIpc) is 3.06. The van der Waals surface area contributed by atoms with Crippen LogP contribution in [0.4, 0.5) is 0 Å². The summed E-state index contributed by atoms with van der Waals surface area (Å²) >= 11 is 1.23. The standard InChI is InChI=1S/C16H16N2O5S/c1-21-8-13-17-6-12(24-13)16(20)18-10-7-23-15-9(14(10)19)4-3-5-11(15)22-2/h3-6,10H,7-8H2,1-2H3,(H,18,20). The Kier molecular flexibility index (Phi) is 4.77. The van der Waals surface area contributed by atoms with Crippen LogP contribution in [0.1, 0.15) is 25.0 Å². The number of fused-ring (bicyclic) bond motifs is 1. The molecule has 2 heterocycles. The summed E-state index contributed by atoms with van der Waals surface area (Å²) in [6.07, 6.45) is 1.47. The molecule has 1 atom stereocenters. The number of thiazole rings is 1. The summed E-state index contributed by atoms with van der Waals surface area (Å²) in [4.78, 5) is 29.4. The molecule has 0 saturated heterocycles. The van der Waals surface area contributed by atoms with E-state index >= 15 is 0 Å². The van der Waals surface area contributed by atoms with Gasteiger partial charge in [-0.2, -0.15) is 0 Å². The highest BCUT2D eigenvalue weighted by Gasteiger charge is 2.32. The number of methoxy groups -OCH3 is 2. The molecule has 1 N–H and O–H groups in total. The van der Waals surface area contributed by atoms with E-state index in [4.69, 9.17) is 14.2 Å². The Morgan fingerprint density at radius 2 is 2.29 bits per heavy atom. The molecule has 0 spiro atoms. The molecule has 0 saturated carbocycles. The molecule has 1 aliphatic heterocycles. The molecule has 0 radical (unpaired) electrons. The third-order valence-electron chi connectivity index (χ3n) is 3.53. The highest BCUT2D eigenvalue weighted by Crippen LogP contribution is 2.34. The number of benzene rings is 1. The van der Waals surface area contributed by atoms with Crippen LogP contribution in [0.15, 0.2) is 24.4 Å². The maximum Gasteiger partial charge on any atom is 0.263 e. The van der Waals surface area contributed by atoms with Crippen LogP contribution in [0.3, 0.4) is 0 Å². The number of carbonyl (C=O) groups is 2. The van der Waals surface area contributed by atoms with Gasteiger partial charge in [0.25, 0.3) is 5.91 Å². The molecule has 1 aromatic carbocycles. The van der Waals surface area contributed by atoms with Gasteiger partial charge in [0.1, 0.15) is 22.5 Å². The Morgan fingerprint density at radius 1 is 1.46 bits per heavy atom. The number of nitrogens with zero attached hydrogens (tertiary/aromatic N) is 1. The first-order chi connectivity index (χ1) is 11.6. The number of ether oxygens (including phenoxy) is 3.